The number of carboxylic acids is 1. The molecule has 0 saturated heterocycles. The number of hydrogen-bond acceptors (Lipinski definition) is 4. The van der Waals surface area contributed by atoms with Crippen LogP contribution in [0.5, 0.6) is 0 Å². The van der Waals surface area contributed by atoms with Gasteiger partial charge in [-0.05, 0) is 37.7 Å². The monoisotopic (exact) mass is 290 g/mol. The fourth-order valence-electron chi connectivity index (χ4n) is 2.05. The number of thiophene rings is 1. The lowest BCUT2D eigenvalue weighted by molar-refractivity contribution is 0.0698. The molecule has 0 aliphatic heterocycles. The Hall–Kier alpha value is -1.85. The first-order valence-corrected chi connectivity index (χ1v) is 7.23. The van der Waals surface area contributed by atoms with Crippen molar-refractivity contribution in [1.82, 2.24) is 4.90 Å². The molecule has 1 unspecified atom stereocenters. The molecule has 0 spiro atoms. The van der Waals surface area contributed by atoms with Gasteiger partial charge in [0.2, 0.25) is 0 Å². The van der Waals surface area contributed by atoms with E-state index in [1.54, 1.807) is 29.5 Å². The molecule has 0 amide bonds. The maximum Gasteiger partial charge on any atom is 0.337 e. The van der Waals surface area contributed by atoms with E-state index in [1.807, 2.05) is 26.2 Å². The Kier molecular flexibility index (Phi) is 4.76. The highest BCUT2D eigenvalue weighted by Gasteiger charge is 2.16. The largest absolute Gasteiger partial charge is 0.478 e. The maximum atomic E-state index is 11.2. The summed E-state index contributed by atoms with van der Waals surface area (Å²) in [5, 5.41) is 14.5. The minimum atomic E-state index is -0.911. The number of para-hydroxylation sites is 1. The van der Waals surface area contributed by atoms with Gasteiger partial charge in [-0.15, -0.1) is 11.3 Å². The van der Waals surface area contributed by atoms with Gasteiger partial charge in [-0.3, -0.25) is 0 Å². The molecule has 20 heavy (non-hydrogen) atoms. The average Bonchev–Trinajstić information content (AvgIpc) is 2.92. The normalized spacial score (nSPS) is 12.3. The lowest BCUT2D eigenvalue weighted by Crippen LogP contribution is -2.26. The highest BCUT2D eigenvalue weighted by molar-refractivity contribution is 7.10. The zero-order valence-electron chi connectivity index (χ0n) is 11.5. The van der Waals surface area contributed by atoms with Gasteiger partial charge >= 0.3 is 5.97 Å². The van der Waals surface area contributed by atoms with Gasteiger partial charge in [-0.2, -0.15) is 0 Å². The molecule has 2 aromatic rings. The summed E-state index contributed by atoms with van der Waals surface area (Å²) in [6, 6.07) is 11.3. The number of rotatable bonds is 6. The molecule has 2 N–H and O–H groups in total. The van der Waals surface area contributed by atoms with Gasteiger partial charge in [0.05, 0.1) is 11.6 Å². The van der Waals surface area contributed by atoms with E-state index >= 15 is 0 Å². The van der Waals surface area contributed by atoms with Gasteiger partial charge in [0.15, 0.2) is 0 Å². The van der Waals surface area contributed by atoms with Crippen molar-refractivity contribution in [3.8, 4) is 0 Å². The number of likely N-dealkylation sites (N-methyl/N-ethyl adjacent to an activating group) is 1. The third kappa shape index (κ3) is 3.37. The van der Waals surface area contributed by atoms with Crippen molar-refractivity contribution >= 4 is 23.0 Å². The van der Waals surface area contributed by atoms with Gasteiger partial charge in [0.25, 0.3) is 0 Å². The predicted molar refractivity (Wildman–Crippen MR) is 82.6 cm³/mol. The average molecular weight is 290 g/mol. The Balaban J connectivity index is 2.13. The molecule has 1 heterocycles. The Bertz CT molecular complexity index is 567. The summed E-state index contributed by atoms with van der Waals surface area (Å²) in [5.41, 5.74) is 0.958. The molecule has 4 nitrogen and oxygen atoms in total. The van der Waals surface area contributed by atoms with Crippen molar-refractivity contribution < 1.29 is 9.90 Å². The van der Waals surface area contributed by atoms with Crippen molar-refractivity contribution in [3.05, 3.63) is 52.2 Å². The van der Waals surface area contributed by atoms with Gasteiger partial charge in [0, 0.05) is 17.1 Å². The van der Waals surface area contributed by atoms with E-state index < -0.39 is 5.97 Å². The first-order valence-electron chi connectivity index (χ1n) is 6.35. The molecule has 1 aromatic heterocycles. The number of nitrogens with one attached hydrogen (secondary N) is 1. The minimum Gasteiger partial charge on any atom is -0.478 e. The summed E-state index contributed by atoms with van der Waals surface area (Å²) in [5.74, 6) is -0.911. The van der Waals surface area contributed by atoms with E-state index in [0.717, 1.165) is 0 Å². The number of nitrogens with zero attached hydrogens (tertiary/aromatic N) is 1. The second kappa shape index (κ2) is 6.54. The van der Waals surface area contributed by atoms with Crippen LogP contribution in [0, 0.1) is 0 Å². The number of aromatic carboxylic acids is 1. The molecule has 1 atom stereocenters. The summed E-state index contributed by atoms with van der Waals surface area (Å²) >= 11 is 1.71. The van der Waals surface area contributed by atoms with E-state index in [-0.39, 0.29) is 6.04 Å². The summed E-state index contributed by atoms with van der Waals surface area (Å²) < 4.78 is 0. The molecule has 0 bridgehead atoms. The van der Waals surface area contributed by atoms with Crippen LogP contribution < -0.4 is 5.32 Å². The van der Waals surface area contributed by atoms with Gasteiger partial charge in [-0.25, -0.2) is 4.79 Å². The van der Waals surface area contributed by atoms with Crippen molar-refractivity contribution in [2.75, 3.05) is 26.0 Å². The van der Waals surface area contributed by atoms with Crippen molar-refractivity contribution in [2.24, 2.45) is 0 Å². The Labute approximate surface area is 122 Å². The van der Waals surface area contributed by atoms with Gasteiger partial charge < -0.3 is 15.3 Å². The zero-order valence-corrected chi connectivity index (χ0v) is 12.4. The minimum absolute atomic E-state index is 0.219. The molecular formula is C15H18N2O2S. The van der Waals surface area contributed by atoms with Crippen LogP contribution in [-0.4, -0.2) is 36.6 Å². The quantitative estimate of drug-likeness (QED) is 0.858. The smallest absolute Gasteiger partial charge is 0.337 e. The predicted octanol–water partition coefficient (Wildman–Crippen LogP) is 3.16. The standard InChI is InChI=1S/C15H18N2O2S/c1-17(2)13(14-8-5-9-20-14)10-16-12-7-4-3-6-11(12)15(18)19/h3-9,13,16H,10H2,1-2H3,(H,18,19). The number of hydrogen-bond donors (Lipinski definition) is 2. The Morgan fingerprint density at radius 3 is 2.65 bits per heavy atom. The molecule has 1 aromatic carbocycles. The molecule has 0 fully saturated rings. The van der Waals surface area contributed by atoms with E-state index in [2.05, 4.69) is 21.7 Å². The van der Waals surface area contributed by atoms with E-state index in [1.165, 1.54) is 4.88 Å². The summed E-state index contributed by atoms with van der Waals surface area (Å²) in [6.07, 6.45) is 0. The first-order chi connectivity index (χ1) is 9.59. The number of carboxylic acid groups (broad SMARTS) is 1. The van der Waals surface area contributed by atoms with Crippen LogP contribution in [-0.2, 0) is 0 Å². The third-order valence-electron chi connectivity index (χ3n) is 3.14. The van der Waals surface area contributed by atoms with Crippen molar-refractivity contribution in [2.45, 2.75) is 6.04 Å². The number of benzene rings is 1. The van der Waals surface area contributed by atoms with Crippen molar-refractivity contribution in [1.29, 1.82) is 0 Å². The molecule has 5 heteroatoms. The summed E-state index contributed by atoms with van der Waals surface area (Å²) in [6.45, 7) is 0.664. The van der Waals surface area contributed by atoms with Crippen molar-refractivity contribution in [3.63, 3.8) is 0 Å². The SMILES string of the molecule is CN(C)C(CNc1ccccc1C(=O)O)c1cccs1. The van der Waals surface area contributed by atoms with Crippen LogP contribution in [0.2, 0.25) is 0 Å². The second-order valence-electron chi connectivity index (χ2n) is 4.73. The van der Waals surface area contributed by atoms with Crippen LogP contribution in [0.4, 0.5) is 5.69 Å². The number of anilines is 1. The van der Waals surface area contributed by atoms with E-state index in [9.17, 15) is 9.90 Å². The van der Waals surface area contributed by atoms with Crippen LogP contribution in [0.1, 0.15) is 21.3 Å². The molecule has 0 aliphatic carbocycles. The molecular weight excluding hydrogens is 272 g/mol. The zero-order chi connectivity index (χ0) is 14.5. The first kappa shape index (κ1) is 14.6. The van der Waals surface area contributed by atoms with Gasteiger partial charge in [-0.1, -0.05) is 18.2 Å². The summed E-state index contributed by atoms with van der Waals surface area (Å²) in [7, 11) is 4.05. The van der Waals surface area contributed by atoms with Crippen LogP contribution in [0.25, 0.3) is 0 Å². The van der Waals surface area contributed by atoms with Crippen LogP contribution >= 0.6 is 11.3 Å². The Morgan fingerprint density at radius 2 is 2.05 bits per heavy atom. The maximum absolute atomic E-state index is 11.2. The fourth-order valence-corrected chi connectivity index (χ4v) is 2.97. The van der Waals surface area contributed by atoms with Crippen LogP contribution in [0.3, 0.4) is 0 Å². The fraction of sp³-hybridized carbons (Fsp3) is 0.267. The molecule has 0 saturated carbocycles. The second-order valence-corrected chi connectivity index (χ2v) is 5.71. The summed E-state index contributed by atoms with van der Waals surface area (Å²) in [4.78, 5) is 14.6. The molecule has 0 aliphatic rings. The molecule has 2 rings (SSSR count). The third-order valence-corrected chi connectivity index (χ3v) is 4.11. The Morgan fingerprint density at radius 1 is 1.30 bits per heavy atom. The molecule has 106 valence electrons. The lowest BCUT2D eigenvalue weighted by atomic mass is 10.1. The highest BCUT2D eigenvalue weighted by atomic mass is 32.1. The van der Waals surface area contributed by atoms with E-state index in [0.29, 0.717) is 17.8 Å². The highest BCUT2D eigenvalue weighted by Crippen LogP contribution is 2.24. The molecule has 0 radical (unpaired) electrons. The lowest BCUT2D eigenvalue weighted by Gasteiger charge is -2.24. The van der Waals surface area contributed by atoms with Gasteiger partial charge in [0.1, 0.15) is 0 Å². The number of carbonyl (C=O) groups is 1. The van der Waals surface area contributed by atoms with E-state index in [4.69, 9.17) is 0 Å². The topological polar surface area (TPSA) is 52.6 Å². The van der Waals surface area contributed by atoms with Crippen LogP contribution in [0.15, 0.2) is 41.8 Å².